The molecule has 1 atom stereocenters. The minimum absolute atomic E-state index is 0.00296. The van der Waals surface area contributed by atoms with Gasteiger partial charge in [-0.2, -0.15) is 4.31 Å². The zero-order chi connectivity index (χ0) is 21.0. The van der Waals surface area contributed by atoms with Gasteiger partial charge in [0.25, 0.3) is 0 Å². The molecule has 1 fully saturated rings. The Labute approximate surface area is 169 Å². The van der Waals surface area contributed by atoms with Crippen LogP contribution < -0.4 is 14.8 Å². The number of carbonyl (C=O) groups is 1. The van der Waals surface area contributed by atoms with Gasteiger partial charge >= 0.3 is 0 Å². The van der Waals surface area contributed by atoms with Crippen molar-refractivity contribution in [1.82, 2.24) is 4.31 Å². The Bertz CT molecular complexity index is 996. The molecule has 0 aromatic heterocycles. The first kappa shape index (κ1) is 21.1. The third-order valence-electron chi connectivity index (χ3n) is 4.88. The molecule has 0 saturated carbocycles. The summed E-state index contributed by atoms with van der Waals surface area (Å²) in [6.07, 6.45) is 1.03. The van der Waals surface area contributed by atoms with Crippen LogP contribution in [0.2, 0.25) is 0 Å². The van der Waals surface area contributed by atoms with Gasteiger partial charge < -0.3 is 14.8 Å². The van der Waals surface area contributed by atoms with E-state index in [0.29, 0.717) is 18.6 Å². The summed E-state index contributed by atoms with van der Waals surface area (Å²) >= 11 is 0. The van der Waals surface area contributed by atoms with Crippen molar-refractivity contribution >= 4 is 21.6 Å². The van der Waals surface area contributed by atoms with Gasteiger partial charge in [0, 0.05) is 19.2 Å². The molecule has 0 spiro atoms. The van der Waals surface area contributed by atoms with Crippen molar-refractivity contribution in [2.75, 3.05) is 32.6 Å². The summed E-state index contributed by atoms with van der Waals surface area (Å²) in [5.74, 6) is -0.955. The molecule has 29 heavy (non-hydrogen) atoms. The second kappa shape index (κ2) is 8.79. The summed E-state index contributed by atoms with van der Waals surface area (Å²) in [5, 5.41) is 2.55. The Hall–Kier alpha value is -2.65. The molecule has 3 rings (SSSR count). The highest BCUT2D eigenvalue weighted by Crippen LogP contribution is 2.33. The van der Waals surface area contributed by atoms with Crippen molar-refractivity contribution in [3.8, 4) is 11.5 Å². The highest BCUT2D eigenvalue weighted by atomic mass is 32.2. The Morgan fingerprint density at radius 3 is 2.62 bits per heavy atom. The maximum atomic E-state index is 13.8. The number of carbonyl (C=O) groups excluding carboxylic acids is 1. The summed E-state index contributed by atoms with van der Waals surface area (Å²) in [4.78, 5) is 12.6. The number of benzene rings is 2. The van der Waals surface area contributed by atoms with E-state index < -0.39 is 27.7 Å². The van der Waals surface area contributed by atoms with Gasteiger partial charge in [0.05, 0.1) is 25.8 Å². The zero-order valence-electron chi connectivity index (χ0n) is 16.2. The predicted octanol–water partition coefficient (Wildman–Crippen LogP) is 2.88. The largest absolute Gasteiger partial charge is 0.497 e. The number of sulfonamides is 1. The molecule has 1 amide bonds. The van der Waals surface area contributed by atoms with Crippen LogP contribution in [-0.2, 0) is 14.8 Å². The molecular weight excluding hydrogens is 399 g/mol. The van der Waals surface area contributed by atoms with Crippen molar-refractivity contribution in [2.45, 2.75) is 17.7 Å². The average molecular weight is 422 g/mol. The van der Waals surface area contributed by atoms with Crippen LogP contribution >= 0.6 is 0 Å². The second-order valence-corrected chi connectivity index (χ2v) is 8.59. The summed E-state index contributed by atoms with van der Waals surface area (Å²) < 4.78 is 51.8. The number of hydrogen-bond acceptors (Lipinski definition) is 5. The number of para-hydroxylation sites is 1. The van der Waals surface area contributed by atoms with Crippen LogP contribution in [0.15, 0.2) is 47.4 Å². The fourth-order valence-corrected chi connectivity index (χ4v) is 4.99. The highest BCUT2D eigenvalue weighted by Gasteiger charge is 2.35. The van der Waals surface area contributed by atoms with Gasteiger partial charge in [-0.1, -0.05) is 12.1 Å². The van der Waals surface area contributed by atoms with Crippen molar-refractivity contribution in [1.29, 1.82) is 0 Å². The van der Waals surface area contributed by atoms with Gasteiger partial charge in [-0.25, -0.2) is 12.8 Å². The maximum absolute atomic E-state index is 13.8. The van der Waals surface area contributed by atoms with Gasteiger partial charge in [0.1, 0.15) is 22.2 Å². The van der Waals surface area contributed by atoms with E-state index in [4.69, 9.17) is 9.47 Å². The van der Waals surface area contributed by atoms with E-state index in [2.05, 4.69) is 5.32 Å². The highest BCUT2D eigenvalue weighted by molar-refractivity contribution is 7.89. The van der Waals surface area contributed by atoms with E-state index in [9.17, 15) is 17.6 Å². The van der Waals surface area contributed by atoms with Crippen LogP contribution in [-0.4, -0.2) is 45.9 Å². The Kier molecular flexibility index (Phi) is 6.39. The second-order valence-electron chi connectivity index (χ2n) is 6.69. The van der Waals surface area contributed by atoms with Crippen LogP contribution in [0.25, 0.3) is 0 Å². The normalized spacial score (nSPS) is 17.6. The van der Waals surface area contributed by atoms with E-state index in [-0.39, 0.29) is 29.4 Å². The van der Waals surface area contributed by atoms with Gasteiger partial charge in [0.15, 0.2) is 0 Å². The van der Waals surface area contributed by atoms with Gasteiger partial charge in [-0.05, 0) is 37.1 Å². The van der Waals surface area contributed by atoms with Crippen LogP contribution in [0.5, 0.6) is 11.5 Å². The lowest BCUT2D eigenvalue weighted by atomic mass is 9.98. The number of ether oxygens (including phenoxy) is 2. The Morgan fingerprint density at radius 2 is 1.93 bits per heavy atom. The number of nitrogens with one attached hydrogen (secondary N) is 1. The number of amides is 1. The third-order valence-corrected chi connectivity index (χ3v) is 6.76. The number of halogens is 1. The standard InChI is InChI=1S/C20H23FN2O5S/c1-27-15-9-10-18(28-2)19(12-15)29(25,26)23-11-5-6-14(13-23)20(24)22-17-8-4-3-7-16(17)21/h3-4,7-10,12,14H,5-6,11,13H2,1-2H3,(H,22,24)/t14-/m0/s1. The SMILES string of the molecule is COc1ccc(OC)c(S(=O)(=O)N2CCC[C@H](C(=O)Nc3ccccc3F)C2)c1. The average Bonchev–Trinajstić information content (AvgIpc) is 2.74. The first-order valence-corrected chi connectivity index (χ1v) is 10.6. The van der Waals surface area contributed by atoms with E-state index in [1.165, 1.54) is 48.9 Å². The van der Waals surface area contributed by atoms with Crippen LogP contribution in [0.4, 0.5) is 10.1 Å². The van der Waals surface area contributed by atoms with Gasteiger partial charge in [-0.3, -0.25) is 4.79 Å². The molecule has 0 unspecified atom stereocenters. The molecule has 7 nitrogen and oxygen atoms in total. The monoisotopic (exact) mass is 422 g/mol. The van der Waals surface area contributed by atoms with Crippen molar-refractivity contribution in [3.05, 3.63) is 48.3 Å². The number of nitrogens with zero attached hydrogens (tertiary/aromatic N) is 1. The number of anilines is 1. The molecule has 1 aliphatic rings. The molecular formula is C20H23FN2O5S. The minimum atomic E-state index is -3.91. The third kappa shape index (κ3) is 4.51. The van der Waals surface area contributed by atoms with E-state index in [1.54, 1.807) is 12.1 Å². The first-order valence-electron chi connectivity index (χ1n) is 9.14. The number of hydrogen-bond donors (Lipinski definition) is 1. The summed E-state index contributed by atoms with van der Waals surface area (Å²) in [7, 11) is -1.07. The lowest BCUT2D eigenvalue weighted by Crippen LogP contribution is -2.43. The fraction of sp³-hybridized carbons (Fsp3) is 0.350. The molecule has 2 aromatic rings. The molecule has 0 bridgehead atoms. The van der Waals surface area contributed by atoms with Gasteiger partial charge in [-0.15, -0.1) is 0 Å². The van der Waals surface area contributed by atoms with Crippen LogP contribution in [0, 0.1) is 11.7 Å². The van der Waals surface area contributed by atoms with Crippen LogP contribution in [0.1, 0.15) is 12.8 Å². The minimum Gasteiger partial charge on any atom is -0.497 e. The quantitative estimate of drug-likeness (QED) is 0.774. The van der Waals surface area contributed by atoms with Crippen molar-refractivity contribution in [2.24, 2.45) is 5.92 Å². The summed E-state index contributed by atoms with van der Waals surface area (Å²) in [6, 6.07) is 10.4. The molecule has 2 aromatic carbocycles. The first-order chi connectivity index (χ1) is 13.9. The summed E-state index contributed by atoms with van der Waals surface area (Å²) in [5.41, 5.74) is 0.0759. The van der Waals surface area contributed by atoms with Crippen LogP contribution in [0.3, 0.4) is 0 Å². The lowest BCUT2D eigenvalue weighted by molar-refractivity contribution is -0.120. The number of piperidine rings is 1. The van der Waals surface area contributed by atoms with Crippen molar-refractivity contribution in [3.63, 3.8) is 0 Å². The molecule has 9 heteroatoms. The zero-order valence-corrected chi connectivity index (χ0v) is 17.0. The molecule has 1 heterocycles. The Morgan fingerprint density at radius 1 is 1.17 bits per heavy atom. The smallest absolute Gasteiger partial charge is 0.246 e. The lowest BCUT2D eigenvalue weighted by Gasteiger charge is -2.31. The predicted molar refractivity (Wildman–Crippen MR) is 106 cm³/mol. The maximum Gasteiger partial charge on any atom is 0.246 e. The molecule has 156 valence electrons. The summed E-state index contributed by atoms with van der Waals surface area (Å²) in [6.45, 7) is 0.287. The molecule has 1 aliphatic heterocycles. The van der Waals surface area contributed by atoms with Crippen molar-refractivity contribution < 1.29 is 27.1 Å². The van der Waals surface area contributed by atoms with E-state index >= 15 is 0 Å². The van der Waals surface area contributed by atoms with Gasteiger partial charge in [0.2, 0.25) is 15.9 Å². The van der Waals surface area contributed by atoms with E-state index in [1.807, 2.05) is 0 Å². The molecule has 0 aliphatic carbocycles. The van der Waals surface area contributed by atoms with E-state index in [0.717, 1.165) is 0 Å². The molecule has 0 radical (unpaired) electrons. The topological polar surface area (TPSA) is 84.9 Å². The molecule has 1 N–H and O–H groups in total. The fourth-order valence-electron chi connectivity index (χ4n) is 3.30. The Balaban J connectivity index is 1.81. The molecule has 1 saturated heterocycles. The number of methoxy groups -OCH3 is 2. The number of rotatable bonds is 6.